The first-order valence-corrected chi connectivity index (χ1v) is 6.36. The maximum absolute atomic E-state index is 11.5. The van der Waals surface area contributed by atoms with Crippen LogP contribution in [0.1, 0.15) is 0 Å². The van der Waals surface area contributed by atoms with E-state index in [1.165, 1.54) is 7.11 Å². The first-order chi connectivity index (χ1) is 8.93. The lowest BCUT2D eigenvalue weighted by atomic mass is 10.3. The highest BCUT2D eigenvalue weighted by atomic mass is 79.9. The Kier molecular flexibility index (Phi) is 6.07. The molecule has 1 aromatic rings. The van der Waals surface area contributed by atoms with E-state index in [1.807, 2.05) is 0 Å². The standard InChI is InChI=1S/C11H12BrClN2O4/c1-19-9(10(16)17)5-14-11(18)15-6-2-3-7(12)8(13)4-6/h2-4,9H,5H2,1H3,(H,16,17)(H2,14,15,18). The van der Waals surface area contributed by atoms with Gasteiger partial charge in [0, 0.05) is 17.3 Å². The average Bonchev–Trinajstić information content (AvgIpc) is 2.34. The van der Waals surface area contributed by atoms with Gasteiger partial charge in [0.05, 0.1) is 11.6 Å². The quantitative estimate of drug-likeness (QED) is 0.760. The second kappa shape index (κ2) is 7.32. The lowest BCUT2D eigenvalue weighted by Crippen LogP contribution is -2.39. The van der Waals surface area contributed by atoms with Crippen molar-refractivity contribution < 1.29 is 19.4 Å². The zero-order valence-electron chi connectivity index (χ0n) is 9.94. The normalized spacial score (nSPS) is 11.7. The van der Waals surface area contributed by atoms with Crippen LogP contribution < -0.4 is 10.6 Å². The molecular weight excluding hydrogens is 339 g/mol. The maximum Gasteiger partial charge on any atom is 0.334 e. The summed E-state index contributed by atoms with van der Waals surface area (Å²) in [5, 5.41) is 14.1. The van der Waals surface area contributed by atoms with Gasteiger partial charge in [0.15, 0.2) is 6.10 Å². The number of carbonyl (C=O) groups is 2. The fourth-order valence-electron chi connectivity index (χ4n) is 1.21. The number of urea groups is 1. The molecule has 0 radical (unpaired) electrons. The fraction of sp³-hybridized carbons (Fsp3) is 0.273. The highest BCUT2D eigenvalue weighted by Gasteiger charge is 2.17. The third-order valence-corrected chi connectivity index (χ3v) is 3.42. The van der Waals surface area contributed by atoms with Gasteiger partial charge in [0.25, 0.3) is 0 Å². The van der Waals surface area contributed by atoms with E-state index in [4.69, 9.17) is 16.7 Å². The van der Waals surface area contributed by atoms with Gasteiger partial charge in [0.1, 0.15) is 0 Å². The number of ether oxygens (including phenoxy) is 1. The Morgan fingerprint density at radius 3 is 2.74 bits per heavy atom. The van der Waals surface area contributed by atoms with Gasteiger partial charge in [-0.1, -0.05) is 11.6 Å². The van der Waals surface area contributed by atoms with Crippen molar-refractivity contribution in [2.75, 3.05) is 19.0 Å². The van der Waals surface area contributed by atoms with Crippen LogP contribution in [0.5, 0.6) is 0 Å². The number of carboxylic acid groups (broad SMARTS) is 1. The first-order valence-electron chi connectivity index (χ1n) is 5.19. The lowest BCUT2D eigenvalue weighted by Gasteiger charge is -2.12. The summed E-state index contributed by atoms with van der Waals surface area (Å²) >= 11 is 9.10. The number of rotatable bonds is 5. The highest BCUT2D eigenvalue weighted by Crippen LogP contribution is 2.25. The smallest absolute Gasteiger partial charge is 0.334 e. The second-order valence-electron chi connectivity index (χ2n) is 3.53. The van der Waals surface area contributed by atoms with Crippen LogP contribution in [0.25, 0.3) is 0 Å². The molecule has 0 spiro atoms. The van der Waals surface area contributed by atoms with E-state index in [0.29, 0.717) is 15.2 Å². The summed E-state index contributed by atoms with van der Waals surface area (Å²) in [7, 11) is 1.26. The number of anilines is 1. The number of hydrogen-bond donors (Lipinski definition) is 3. The van der Waals surface area contributed by atoms with Crippen LogP contribution >= 0.6 is 27.5 Å². The van der Waals surface area contributed by atoms with Crippen LogP contribution in [0.2, 0.25) is 5.02 Å². The van der Waals surface area contributed by atoms with E-state index < -0.39 is 18.1 Å². The van der Waals surface area contributed by atoms with Gasteiger partial charge in [-0.2, -0.15) is 0 Å². The predicted octanol–water partition coefficient (Wildman–Crippen LogP) is 2.32. The Labute approximate surface area is 123 Å². The number of halogens is 2. The van der Waals surface area contributed by atoms with Gasteiger partial charge in [-0.3, -0.25) is 0 Å². The second-order valence-corrected chi connectivity index (χ2v) is 4.79. The molecule has 0 heterocycles. The number of aliphatic carboxylic acids is 1. The molecule has 1 unspecified atom stereocenters. The number of amides is 2. The van der Waals surface area contributed by atoms with Gasteiger partial charge < -0.3 is 20.5 Å². The Morgan fingerprint density at radius 2 is 2.21 bits per heavy atom. The number of nitrogens with one attached hydrogen (secondary N) is 2. The van der Waals surface area contributed by atoms with E-state index >= 15 is 0 Å². The van der Waals surface area contributed by atoms with Gasteiger partial charge >= 0.3 is 12.0 Å². The predicted molar refractivity (Wildman–Crippen MR) is 74.6 cm³/mol. The van der Waals surface area contributed by atoms with Crippen LogP contribution in [0.4, 0.5) is 10.5 Å². The van der Waals surface area contributed by atoms with Crippen LogP contribution in [-0.4, -0.2) is 36.9 Å². The van der Waals surface area contributed by atoms with E-state index in [-0.39, 0.29) is 6.54 Å². The van der Waals surface area contributed by atoms with Crippen LogP contribution in [0.15, 0.2) is 22.7 Å². The summed E-state index contributed by atoms with van der Waals surface area (Å²) in [6.45, 7) is -0.137. The van der Waals surface area contributed by atoms with Crippen molar-refractivity contribution in [2.45, 2.75) is 6.10 Å². The molecule has 0 aliphatic carbocycles. The molecule has 8 heteroatoms. The third-order valence-electron chi connectivity index (χ3n) is 2.19. The van der Waals surface area contributed by atoms with Crippen molar-refractivity contribution in [3.05, 3.63) is 27.7 Å². The Balaban J connectivity index is 2.51. The molecular formula is C11H12BrClN2O4. The summed E-state index contributed by atoms with van der Waals surface area (Å²) in [6, 6.07) is 4.37. The van der Waals surface area contributed by atoms with Gasteiger partial charge in [0.2, 0.25) is 0 Å². The van der Waals surface area contributed by atoms with Crippen LogP contribution in [0.3, 0.4) is 0 Å². The van der Waals surface area contributed by atoms with Crippen molar-refractivity contribution in [3.63, 3.8) is 0 Å². The number of carboxylic acids is 1. The highest BCUT2D eigenvalue weighted by molar-refractivity contribution is 9.10. The van der Waals surface area contributed by atoms with E-state index in [0.717, 1.165) is 0 Å². The molecule has 0 aliphatic rings. The minimum atomic E-state index is -1.14. The summed E-state index contributed by atoms with van der Waals surface area (Å²) in [5.41, 5.74) is 0.495. The van der Waals surface area contributed by atoms with Crippen molar-refractivity contribution >= 4 is 45.2 Å². The van der Waals surface area contributed by atoms with E-state index in [2.05, 4.69) is 31.3 Å². The minimum Gasteiger partial charge on any atom is -0.479 e. The molecule has 0 saturated heterocycles. The van der Waals surface area contributed by atoms with Crippen molar-refractivity contribution in [3.8, 4) is 0 Å². The van der Waals surface area contributed by atoms with E-state index in [1.54, 1.807) is 18.2 Å². The molecule has 0 fully saturated rings. The summed E-state index contributed by atoms with van der Waals surface area (Å²) < 4.78 is 5.39. The minimum absolute atomic E-state index is 0.137. The first kappa shape index (κ1) is 15.7. The molecule has 1 rings (SSSR count). The largest absolute Gasteiger partial charge is 0.479 e. The zero-order chi connectivity index (χ0) is 14.4. The lowest BCUT2D eigenvalue weighted by molar-refractivity contribution is -0.147. The zero-order valence-corrected chi connectivity index (χ0v) is 12.3. The molecule has 1 atom stereocenters. The Morgan fingerprint density at radius 1 is 1.53 bits per heavy atom. The molecule has 0 aromatic heterocycles. The van der Waals surface area contributed by atoms with Crippen LogP contribution in [0, 0.1) is 0 Å². The molecule has 1 aromatic carbocycles. The van der Waals surface area contributed by atoms with Gasteiger partial charge in [-0.05, 0) is 34.1 Å². The summed E-state index contributed by atoms with van der Waals surface area (Å²) in [4.78, 5) is 22.2. The average molecular weight is 352 g/mol. The summed E-state index contributed by atoms with van der Waals surface area (Å²) in [5.74, 6) is -1.14. The van der Waals surface area contributed by atoms with Crippen molar-refractivity contribution in [2.24, 2.45) is 0 Å². The fourth-order valence-corrected chi connectivity index (χ4v) is 1.63. The van der Waals surface area contributed by atoms with Crippen molar-refractivity contribution in [1.82, 2.24) is 5.32 Å². The molecule has 2 amide bonds. The number of hydrogen-bond acceptors (Lipinski definition) is 3. The SMILES string of the molecule is COC(CNC(=O)Nc1ccc(Br)c(Cl)c1)C(=O)O. The molecule has 0 aliphatic heterocycles. The Hall–Kier alpha value is -1.31. The maximum atomic E-state index is 11.5. The Bertz CT molecular complexity index is 484. The molecule has 0 saturated carbocycles. The molecule has 104 valence electrons. The third kappa shape index (κ3) is 5.06. The monoisotopic (exact) mass is 350 g/mol. The molecule has 0 bridgehead atoms. The topological polar surface area (TPSA) is 87.7 Å². The van der Waals surface area contributed by atoms with Crippen molar-refractivity contribution in [1.29, 1.82) is 0 Å². The van der Waals surface area contributed by atoms with Crippen LogP contribution in [-0.2, 0) is 9.53 Å². The number of methoxy groups -OCH3 is 1. The van der Waals surface area contributed by atoms with Gasteiger partial charge in [-0.25, -0.2) is 9.59 Å². The molecule has 19 heavy (non-hydrogen) atoms. The van der Waals surface area contributed by atoms with Gasteiger partial charge in [-0.15, -0.1) is 0 Å². The number of benzene rings is 1. The molecule has 3 N–H and O–H groups in total. The number of carbonyl (C=O) groups excluding carboxylic acids is 1. The van der Waals surface area contributed by atoms with E-state index in [9.17, 15) is 9.59 Å². The summed E-state index contributed by atoms with van der Waals surface area (Å²) in [6.07, 6.45) is -1.08. The molecule has 6 nitrogen and oxygen atoms in total.